The monoisotopic (exact) mass is 271 g/mol. The molecular weight excluding hydrogens is 246 g/mol. The molecular formula is C17H25N3. The van der Waals surface area contributed by atoms with Gasteiger partial charge in [0.2, 0.25) is 0 Å². The molecule has 0 bridgehead atoms. The van der Waals surface area contributed by atoms with Crippen molar-refractivity contribution in [3.05, 3.63) is 48.5 Å². The van der Waals surface area contributed by atoms with Crippen molar-refractivity contribution in [1.29, 1.82) is 0 Å². The molecule has 1 unspecified atom stereocenters. The summed E-state index contributed by atoms with van der Waals surface area (Å²) in [6.45, 7) is 7.68. The van der Waals surface area contributed by atoms with Gasteiger partial charge in [0.25, 0.3) is 0 Å². The Morgan fingerprint density at radius 1 is 1.20 bits per heavy atom. The summed E-state index contributed by atoms with van der Waals surface area (Å²) in [6, 6.07) is 9.16. The molecule has 3 nitrogen and oxygen atoms in total. The molecule has 0 aliphatic rings. The van der Waals surface area contributed by atoms with Crippen LogP contribution < -0.4 is 5.32 Å². The molecule has 0 aliphatic heterocycles. The summed E-state index contributed by atoms with van der Waals surface area (Å²) in [4.78, 5) is 4.08. The molecule has 1 heterocycles. The van der Waals surface area contributed by atoms with Crippen molar-refractivity contribution in [3.8, 4) is 0 Å². The quantitative estimate of drug-likeness (QED) is 0.819. The number of rotatable bonds is 7. The zero-order valence-electron chi connectivity index (χ0n) is 12.7. The Morgan fingerprint density at radius 2 is 2.05 bits per heavy atom. The van der Waals surface area contributed by atoms with E-state index in [9.17, 15) is 0 Å². The van der Waals surface area contributed by atoms with Crippen LogP contribution in [0.1, 0.15) is 39.2 Å². The van der Waals surface area contributed by atoms with Gasteiger partial charge in [0.05, 0.1) is 6.33 Å². The number of hydrogen-bond acceptors (Lipinski definition) is 2. The van der Waals surface area contributed by atoms with Crippen LogP contribution in [0.5, 0.6) is 0 Å². The summed E-state index contributed by atoms with van der Waals surface area (Å²) >= 11 is 0. The Morgan fingerprint density at radius 3 is 2.75 bits per heavy atom. The highest BCUT2D eigenvalue weighted by Crippen LogP contribution is 2.15. The lowest BCUT2D eigenvalue weighted by Gasteiger charge is -2.17. The molecule has 0 radical (unpaired) electrons. The largest absolute Gasteiger partial charge is 0.383 e. The molecule has 20 heavy (non-hydrogen) atoms. The van der Waals surface area contributed by atoms with E-state index in [0.29, 0.717) is 6.04 Å². The lowest BCUT2D eigenvalue weighted by Crippen LogP contribution is -2.16. The SMILES string of the molecule is CC(C)CCC(C)Nc1cccc(Cn2ccnc2)c1. The van der Waals surface area contributed by atoms with Crippen LogP contribution in [0.25, 0.3) is 0 Å². The highest BCUT2D eigenvalue weighted by molar-refractivity contribution is 5.46. The summed E-state index contributed by atoms with van der Waals surface area (Å²) in [7, 11) is 0. The van der Waals surface area contributed by atoms with Gasteiger partial charge in [-0.15, -0.1) is 0 Å². The predicted octanol–water partition coefficient (Wildman–Crippen LogP) is 4.17. The van der Waals surface area contributed by atoms with Crippen LogP contribution >= 0.6 is 0 Å². The van der Waals surface area contributed by atoms with Crippen LogP contribution in [0.3, 0.4) is 0 Å². The summed E-state index contributed by atoms with van der Waals surface area (Å²) in [6.07, 6.45) is 8.14. The number of imidazole rings is 1. The Hall–Kier alpha value is -1.77. The maximum atomic E-state index is 4.08. The highest BCUT2D eigenvalue weighted by Gasteiger charge is 2.04. The van der Waals surface area contributed by atoms with Crippen molar-refractivity contribution in [2.45, 2.75) is 46.2 Å². The summed E-state index contributed by atoms with van der Waals surface area (Å²) in [5.74, 6) is 0.770. The normalized spacial score (nSPS) is 12.6. The van der Waals surface area contributed by atoms with Gasteiger partial charge in [-0.1, -0.05) is 26.0 Å². The first-order valence-electron chi connectivity index (χ1n) is 7.44. The first kappa shape index (κ1) is 14.6. The Bertz CT molecular complexity index is 503. The number of nitrogens with zero attached hydrogens (tertiary/aromatic N) is 2. The van der Waals surface area contributed by atoms with Gasteiger partial charge in [-0.2, -0.15) is 0 Å². The van der Waals surface area contributed by atoms with E-state index < -0.39 is 0 Å². The lowest BCUT2D eigenvalue weighted by atomic mass is 10.0. The molecule has 108 valence electrons. The van der Waals surface area contributed by atoms with Crippen molar-refractivity contribution < 1.29 is 0 Å². The van der Waals surface area contributed by atoms with E-state index in [1.807, 2.05) is 18.7 Å². The van der Waals surface area contributed by atoms with E-state index in [-0.39, 0.29) is 0 Å². The zero-order chi connectivity index (χ0) is 14.4. The highest BCUT2D eigenvalue weighted by atomic mass is 15.0. The molecule has 1 aromatic heterocycles. The van der Waals surface area contributed by atoms with Gasteiger partial charge in [0.1, 0.15) is 0 Å². The molecule has 1 aromatic carbocycles. The van der Waals surface area contributed by atoms with Crippen LogP contribution in [0, 0.1) is 5.92 Å². The summed E-state index contributed by atoms with van der Waals surface area (Å²) in [5, 5.41) is 3.59. The number of benzene rings is 1. The van der Waals surface area contributed by atoms with Crippen LogP contribution in [0.4, 0.5) is 5.69 Å². The Balaban J connectivity index is 1.92. The first-order valence-corrected chi connectivity index (χ1v) is 7.44. The van der Waals surface area contributed by atoms with Gasteiger partial charge in [0, 0.05) is 30.7 Å². The minimum atomic E-state index is 0.515. The van der Waals surface area contributed by atoms with Gasteiger partial charge < -0.3 is 9.88 Å². The van der Waals surface area contributed by atoms with E-state index in [1.165, 1.54) is 24.1 Å². The third-order valence-corrected chi connectivity index (χ3v) is 3.44. The number of hydrogen-bond donors (Lipinski definition) is 1. The molecule has 1 N–H and O–H groups in total. The van der Waals surface area contributed by atoms with Crippen molar-refractivity contribution in [3.63, 3.8) is 0 Å². The first-order chi connectivity index (χ1) is 9.63. The molecule has 1 atom stereocenters. The maximum absolute atomic E-state index is 4.08. The molecule has 0 saturated heterocycles. The van der Waals surface area contributed by atoms with E-state index in [1.54, 1.807) is 0 Å². The maximum Gasteiger partial charge on any atom is 0.0949 e. The fraction of sp³-hybridized carbons (Fsp3) is 0.471. The van der Waals surface area contributed by atoms with Crippen LogP contribution in [0.2, 0.25) is 0 Å². The van der Waals surface area contributed by atoms with Crippen LogP contribution in [-0.4, -0.2) is 15.6 Å². The summed E-state index contributed by atoms with van der Waals surface area (Å²) in [5.41, 5.74) is 2.50. The average molecular weight is 271 g/mol. The number of aromatic nitrogens is 2. The molecule has 0 saturated carbocycles. The van der Waals surface area contributed by atoms with Crippen molar-refractivity contribution in [2.24, 2.45) is 5.92 Å². The minimum absolute atomic E-state index is 0.515. The molecule has 0 amide bonds. The third kappa shape index (κ3) is 4.72. The fourth-order valence-corrected chi connectivity index (χ4v) is 2.29. The van der Waals surface area contributed by atoms with Crippen molar-refractivity contribution >= 4 is 5.69 Å². The molecule has 0 spiro atoms. The molecule has 2 aromatic rings. The molecule has 0 aliphatic carbocycles. The second-order valence-corrected chi connectivity index (χ2v) is 5.95. The smallest absolute Gasteiger partial charge is 0.0949 e. The molecule has 2 rings (SSSR count). The minimum Gasteiger partial charge on any atom is -0.383 e. The van der Waals surface area contributed by atoms with Gasteiger partial charge in [0.15, 0.2) is 0 Å². The second kappa shape index (κ2) is 7.13. The van der Waals surface area contributed by atoms with Crippen LogP contribution in [0.15, 0.2) is 43.0 Å². The fourth-order valence-electron chi connectivity index (χ4n) is 2.29. The van der Waals surface area contributed by atoms with Crippen molar-refractivity contribution in [2.75, 3.05) is 5.32 Å². The molecule has 0 fully saturated rings. The zero-order valence-corrected chi connectivity index (χ0v) is 12.7. The molecule has 3 heteroatoms. The van der Waals surface area contributed by atoms with Gasteiger partial charge >= 0.3 is 0 Å². The second-order valence-electron chi connectivity index (χ2n) is 5.95. The average Bonchev–Trinajstić information content (AvgIpc) is 2.89. The topological polar surface area (TPSA) is 29.9 Å². The van der Waals surface area contributed by atoms with E-state index >= 15 is 0 Å². The van der Waals surface area contributed by atoms with Crippen molar-refractivity contribution in [1.82, 2.24) is 9.55 Å². The van der Waals surface area contributed by atoms with E-state index in [4.69, 9.17) is 0 Å². The Labute approximate surface area is 122 Å². The summed E-state index contributed by atoms with van der Waals surface area (Å²) < 4.78 is 2.08. The number of anilines is 1. The number of nitrogens with one attached hydrogen (secondary N) is 1. The van der Waals surface area contributed by atoms with Crippen LogP contribution in [-0.2, 0) is 6.54 Å². The lowest BCUT2D eigenvalue weighted by molar-refractivity contribution is 0.527. The van der Waals surface area contributed by atoms with Gasteiger partial charge in [-0.05, 0) is 43.4 Å². The standard InChI is InChI=1S/C17H25N3/c1-14(2)7-8-15(3)19-17-6-4-5-16(11-17)12-20-10-9-18-13-20/h4-6,9-11,13-15,19H,7-8,12H2,1-3H3. The predicted molar refractivity (Wildman–Crippen MR) is 84.9 cm³/mol. The Kier molecular flexibility index (Phi) is 5.22. The van der Waals surface area contributed by atoms with Gasteiger partial charge in [-0.25, -0.2) is 4.98 Å². The van der Waals surface area contributed by atoms with Gasteiger partial charge in [-0.3, -0.25) is 0 Å². The van der Waals surface area contributed by atoms with E-state index in [2.05, 4.69) is 59.9 Å². The van der Waals surface area contributed by atoms with E-state index in [0.717, 1.165) is 12.5 Å². The third-order valence-electron chi connectivity index (χ3n) is 3.44.